The molecule has 1 aromatic rings. The van der Waals surface area contributed by atoms with Crippen LogP contribution in [0.1, 0.15) is 33.6 Å². The van der Waals surface area contributed by atoms with Gasteiger partial charge in [0.15, 0.2) is 0 Å². The number of sulfonamides is 1. The largest absolute Gasteiger partial charge is 0.478 e. The number of aliphatic hydroxyl groups excluding tert-OH is 1. The Kier molecular flexibility index (Phi) is 4.25. The van der Waals surface area contributed by atoms with Gasteiger partial charge in [-0.05, 0) is 31.4 Å². The lowest BCUT2D eigenvalue weighted by molar-refractivity contribution is 0.0692. The molecule has 3 rings (SSSR count). The molecule has 122 valence electrons. The Morgan fingerprint density at radius 3 is 2.86 bits per heavy atom. The first kappa shape index (κ1) is 15.9. The van der Waals surface area contributed by atoms with Gasteiger partial charge in [0.05, 0.1) is 11.7 Å². The lowest BCUT2D eigenvalue weighted by Gasteiger charge is -2.28. The van der Waals surface area contributed by atoms with Crippen LogP contribution < -0.4 is 5.32 Å². The van der Waals surface area contributed by atoms with E-state index in [0.717, 1.165) is 16.2 Å². The van der Waals surface area contributed by atoms with Crippen LogP contribution in [0.15, 0.2) is 4.21 Å². The fourth-order valence-corrected chi connectivity index (χ4v) is 6.48. The highest BCUT2D eigenvalue weighted by Crippen LogP contribution is 2.36. The second-order valence-electron chi connectivity index (χ2n) is 5.56. The van der Waals surface area contributed by atoms with E-state index in [1.54, 1.807) is 0 Å². The molecule has 2 aliphatic heterocycles. The molecular formula is C13H18N2O5S2. The standard InChI is InChI=1S/C13H18N2O5S2/c16-8-2-1-5-15(7-8)22(19,20)13-11(12(17)18)9-3-4-14-6-10(9)21-13/h8,14,16H,1-7H2,(H,17,18)/t8-/m1/s1. The van der Waals surface area contributed by atoms with E-state index in [1.165, 1.54) is 4.31 Å². The lowest BCUT2D eigenvalue weighted by atomic mass is 10.1. The third kappa shape index (κ3) is 2.67. The minimum Gasteiger partial charge on any atom is -0.478 e. The molecule has 1 saturated heterocycles. The smallest absolute Gasteiger partial charge is 0.338 e. The van der Waals surface area contributed by atoms with Crippen LogP contribution in [-0.2, 0) is 23.0 Å². The predicted molar refractivity (Wildman–Crippen MR) is 80.7 cm³/mol. The van der Waals surface area contributed by atoms with E-state index >= 15 is 0 Å². The molecule has 1 fully saturated rings. The number of carboxylic acid groups (broad SMARTS) is 1. The first-order valence-electron chi connectivity index (χ1n) is 7.18. The maximum absolute atomic E-state index is 12.8. The summed E-state index contributed by atoms with van der Waals surface area (Å²) in [6, 6.07) is 0. The van der Waals surface area contributed by atoms with Gasteiger partial charge in [-0.25, -0.2) is 13.2 Å². The van der Waals surface area contributed by atoms with Gasteiger partial charge in [-0.15, -0.1) is 11.3 Å². The number of carbonyl (C=O) groups is 1. The lowest BCUT2D eigenvalue weighted by Crippen LogP contribution is -2.42. The number of β-amino-alcohol motifs (C(OH)–C–C–N with tert-alkyl or cyclic N) is 1. The summed E-state index contributed by atoms with van der Waals surface area (Å²) in [6.07, 6.45) is 0.983. The van der Waals surface area contributed by atoms with E-state index in [0.29, 0.717) is 44.5 Å². The Hall–Kier alpha value is -1.00. The zero-order chi connectivity index (χ0) is 15.9. The number of nitrogens with one attached hydrogen (secondary N) is 1. The van der Waals surface area contributed by atoms with E-state index in [4.69, 9.17) is 0 Å². The Morgan fingerprint density at radius 1 is 1.41 bits per heavy atom. The van der Waals surface area contributed by atoms with Crippen LogP contribution in [0, 0.1) is 0 Å². The van der Waals surface area contributed by atoms with Crippen molar-refractivity contribution in [1.82, 2.24) is 9.62 Å². The SMILES string of the molecule is O=C(O)c1c(S(=O)(=O)N2CCC[C@@H](O)C2)sc2c1CCNC2. The number of hydrogen-bond acceptors (Lipinski definition) is 6. The van der Waals surface area contributed by atoms with E-state index < -0.39 is 22.1 Å². The van der Waals surface area contributed by atoms with Crippen molar-refractivity contribution in [3.8, 4) is 0 Å². The topological polar surface area (TPSA) is 107 Å². The highest BCUT2D eigenvalue weighted by atomic mass is 32.2. The Bertz CT molecular complexity index is 698. The average Bonchev–Trinajstić information content (AvgIpc) is 2.87. The molecule has 7 nitrogen and oxygen atoms in total. The fourth-order valence-electron chi connectivity index (χ4n) is 2.96. The summed E-state index contributed by atoms with van der Waals surface area (Å²) in [7, 11) is -3.88. The quantitative estimate of drug-likeness (QED) is 0.724. The average molecular weight is 346 g/mol. The van der Waals surface area contributed by atoms with Crippen molar-refractivity contribution < 1.29 is 23.4 Å². The molecule has 0 spiro atoms. The number of aliphatic hydroxyl groups is 1. The highest BCUT2D eigenvalue weighted by molar-refractivity contribution is 7.91. The van der Waals surface area contributed by atoms with Crippen molar-refractivity contribution in [1.29, 1.82) is 0 Å². The molecular weight excluding hydrogens is 328 g/mol. The molecule has 0 radical (unpaired) electrons. The molecule has 1 aromatic heterocycles. The monoisotopic (exact) mass is 346 g/mol. The van der Waals surface area contributed by atoms with Gasteiger partial charge in [-0.3, -0.25) is 0 Å². The van der Waals surface area contributed by atoms with Gasteiger partial charge < -0.3 is 15.5 Å². The van der Waals surface area contributed by atoms with Gasteiger partial charge in [0.2, 0.25) is 0 Å². The van der Waals surface area contributed by atoms with Crippen molar-refractivity contribution >= 4 is 27.3 Å². The Balaban J connectivity index is 2.06. The number of carboxylic acids is 1. The number of piperidine rings is 1. The van der Waals surface area contributed by atoms with E-state index in [-0.39, 0.29) is 16.3 Å². The van der Waals surface area contributed by atoms with Crippen LogP contribution in [0.5, 0.6) is 0 Å². The van der Waals surface area contributed by atoms with Gasteiger partial charge in [-0.1, -0.05) is 0 Å². The van der Waals surface area contributed by atoms with Gasteiger partial charge in [-0.2, -0.15) is 4.31 Å². The summed E-state index contributed by atoms with van der Waals surface area (Å²) in [6.45, 7) is 1.49. The summed E-state index contributed by atoms with van der Waals surface area (Å²) in [4.78, 5) is 12.4. The summed E-state index contributed by atoms with van der Waals surface area (Å²) in [5.41, 5.74) is 0.550. The maximum Gasteiger partial charge on any atom is 0.338 e. The van der Waals surface area contributed by atoms with Crippen molar-refractivity contribution in [2.24, 2.45) is 0 Å². The molecule has 22 heavy (non-hydrogen) atoms. The van der Waals surface area contributed by atoms with Crippen LogP contribution in [-0.4, -0.2) is 54.6 Å². The summed E-state index contributed by atoms with van der Waals surface area (Å²) in [5.74, 6) is -1.20. The molecule has 0 saturated carbocycles. The number of rotatable bonds is 3. The molecule has 1 atom stereocenters. The molecule has 3 heterocycles. The van der Waals surface area contributed by atoms with Crippen molar-refractivity contribution in [3.63, 3.8) is 0 Å². The van der Waals surface area contributed by atoms with Gasteiger partial charge in [0.1, 0.15) is 4.21 Å². The number of nitrogens with zero attached hydrogens (tertiary/aromatic N) is 1. The van der Waals surface area contributed by atoms with Gasteiger partial charge in [0.25, 0.3) is 10.0 Å². The summed E-state index contributed by atoms with van der Waals surface area (Å²) < 4.78 is 26.7. The fraction of sp³-hybridized carbons (Fsp3) is 0.615. The Morgan fingerprint density at radius 2 is 2.18 bits per heavy atom. The number of hydrogen-bond donors (Lipinski definition) is 3. The molecule has 0 unspecified atom stereocenters. The highest BCUT2D eigenvalue weighted by Gasteiger charge is 2.37. The van der Waals surface area contributed by atoms with E-state index in [2.05, 4.69) is 5.32 Å². The number of fused-ring (bicyclic) bond motifs is 1. The van der Waals surface area contributed by atoms with Gasteiger partial charge in [0, 0.05) is 24.5 Å². The van der Waals surface area contributed by atoms with Crippen LogP contribution in [0.2, 0.25) is 0 Å². The Labute approximate surface area is 132 Å². The zero-order valence-corrected chi connectivity index (χ0v) is 13.5. The molecule has 0 aromatic carbocycles. The molecule has 2 aliphatic rings. The summed E-state index contributed by atoms with van der Waals surface area (Å²) in [5, 5.41) is 22.3. The second-order valence-corrected chi connectivity index (χ2v) is 8.80. The van der Waals surface area contributed by atoms with Crippen LogP contribution in [0.4, 0.5) is 0 Å². The van der Waals surface area contributed by atoms with Crippen LogP contribution in [0.25, 0.3) is 0 Å². The van der Waals surface area contributed by atoms with Crippen molar-refractivity contribution in [2.45, 2.75) is 36.1 Å². The molecule has 0 aliphatic carbocycles. The van der Waals surface area contributed by atoms with Crippen molar-refractivity contribution in [2.75, 3.05) is 19.6 Å². The maximum atomic E-state index is 12.8. The second kappa shape index (κ2) is 5.89. The minimum absolute atomic E-state index is 0.0300. The molecule has 0 bridgehead atoms. The van der Waals surface area contributed by atoms with Crippen molar-refractivity contribution in [3.05, 3.63) is 16.0 Å². The third-order valence-electron chi connectivity index (χ3n) is 4.04. The van der Waals surface area contributed by atoms with Crippen LogP contribution in [0.3, 0.4) is 0 Å². The number of aromatic carboxylic acids is 1. The molecule has 9 heteroatoms. The molecule has 3 N–H and O–H groups in total. The van der Waals surface area contributed by atoms with E-state index in [9.17, 15) is 23.4 Å². The van der Waals surface area contributed by atoms with Gasteiger partial charge >= 0.3 is 5.97 Å². The first-order chi connectivity index (χ1) is 10.4. The minimum atomic E-state index is -3.88. The van der Waals surface area contributed by atoms with Crippen LogP contribution >= 0.6 is 11.3 Å². The predicted octanol–water partition coefficient (Wildman–Crippen LogP) is 0.237. The third-order valence-corrected chi connectivity index (χ3v) is 7.64. The summed E-state index contributed by atoms with van der Waals surface area (Å²) >= 11 is 1.04. The van der Waals surface area contributed by atoms with E-state index in [1.807, 2.05) is 0 Å². The molecule has 0 amide bonds. The zero-order valence-electron chi connectivity index (χ0n) is 11.9. The first-order valence-corrected chi connectivity index (χ1v) is 9.43. The normalized spacial score (nSPS) is 23.2. The number of thiophene rings is 1.